The number of piperazine rings is 1. The number of carbonyl (C=O) groups excluding carboxylic acids is 1. The van der Waals surface area contributed by atoms with Crippen molar-refractivity contribution in [3.63, 3.8) is 0 Å². The van der Waals surface area contributed by atoms with Gasteiger partial charge in [0.05, 0.1) is 17.6 Å². The Morgan fingerprint density at radius 1 is 1.08 bits per heavy atom. The van der Waals surface area contributed by atoms with Gasteiger partial charge in [-0.1, -0.05) is 6.07 Å². The van der Waals surface area contributed by atoms with E-state index in [2.05, 4.69) is 5.32 Å². The van der Waals surface area contributed by atoms with Gasteiger partial charge in [0, 0.05) is 51.4 Å². The number of hydrogen-bond donors (Lipinski definition) is 2. The molecule has 1 aliphatic heterocycles. The summed E-state index contributed by atoms with van der Waals surface area (Å²) < 4.78 is 31.1. The van der Waals surface area contributed by atoms with Crippen LogP contribution in [0, 0.1) is 5.92 Å². The van der Waals surface area contributed by atoms with Crippen molar-refractivity contribution in [2.45, 2.75) is 37.8 Å². The Labute approximate surface area is 209 Å². The van der Waals surface area contributed by atoms with E-state index in [4.69, 9.17) is 0 Å². The van der Waals surface area contributed by atoms with Crippen molar-refractivity contribution in [1.82, 2.24) is 13.6 Å². The quantitative estimate of drug-likeness (QED) is 0.459. The molecule has 190 valence electrons. The van der Waals surface area contributed by atoms with E-state index in [0.717, 1.165) is 12.8 Å². The Morgan fingerprint density at radius 3 is 2.42 bits per heavy atom. The molecule has 1 aliphatic carbocycles. The molecule has 11 heteroatoms. The normalized spacial score (nSPS) is 17.4. The van der Waals surface area contributed by atoms with Crippen molar-refractivity contribution >= 4 is 27.3 Å². The summed E-state index contributed by atoms with van der Waals surface area (Å²) >= 11 is 0. The first-order valence-electron chi connectivity index (χ1n) is 12.1. The third kappa shape index (κ3) is 4.86. The van der Waals surface area contributed by atoms with Crippen LogP contribution < -0.4 is 15.4 Å². The first-order chi connectivity index (χ1) is 17.2. The molecule has 3 heterocycles. The lowest BCUT2D eigenvalue weighted by Crippen LogP contribution is -2.49. The van der Waals surface area contributed by atoms with E-state index in [1.807, 2.05) is 21.6 Å². The molecule has 2 aliphatic rings. The molecule has 0 bridgehead atoms. The van der Waals surface area contributed by atoms with Crippen LogP contribution in [0.1, 0.15) is 25.3 Å². The Kier molecular flexibility index (Phi) is 6.54. The molecule has 1 amide bonds. The predicted octanol–water partition coefficient (Wildman–Crippen LogP) is 1.17. The Hall–Kier alpha value is -3.28. The second-order valence-electron chi connectivity index (χ2n) is 9.48. The molecule has 0 unspecified atom stereocenters. The summed E-state index contributed by atoms with van der Waals surface area (Å²) in [5.74, 6) is 0.278. The molecular formula is C25H30N5O5S+. The van der Waals surface area contributed by atoms with E-state index in [9.17, 15) is 23.1 Å². The first-order valence-corrected chi connectivity index (χ1v) is 13.5. The van der Waals surface area contributed by atoms with Gasteiger partial charge in [-0.05, 0) is 49.1 Å². The summed E-state index contributed by atoms with van der Waals surface area (Å²) in [5, 5.41) is 13.7. The maximum atomic E-state index is 13.2. The van der Waals surface area contributed by atoms with Gasteiger partial charge in [0.15, 0.2) is 0 Å². The molecule has 36 heavy (non-hydrogen) atoms. The van der Waals surface area contributed by atoms with E-state index in [1.165, 1.54) is 23.4 Å². The topological polar surface area (TPSA) is 115 Å². The van der Waals surface area contributed by atoms with E-state index < -0.39 is 10.0 Å². The summed E-state index contributed by atoms with van der Waals surface area (Å²) in [6.07, 6.45) is 3.95. The summed E-state index contributed by atoms with van der Waals surface area (Å²) in [6.45, 7) is 3.71. The van der Waals surface area contributed by atoms with Crippen LogP contribution in [-0.2, 0) is 27.9 Å². The van der Waals surface area contributed by atoms with Gasteiger partial charge >= 0.3 is 5.56 Å². The second kappa shape index (κ2) is 9.64. The molecule has 2 fully saturated rings. The van der Waals surface area contributed by atoms with E-state index in [-0.39, 0.29) is 41.9 Å². The number of aromatic nitrogens is 2. The molecule has 0 atom stereocenters. The number of nitrogens with one attached hydrogen (secondary N) is 1. The van der Waals surface area contributed by atoms with Crippen molar-refractivity contribution < 1.29 is 22.9 Å². The van der Waals surface area contributed by atoms with Crippen molar-refractivity contribution in [3.8, 4) is 5.88 Å². The van der Waals surface area contributed by atoms with Gasteiger partial charge in [-0.15, -0.1) is 0 Å². The average molecular weight is 513 g/mol. The minimum absolute atomic E-state index is 0.00703. The number of rotatable bonds is 7. The molecule has 2 N–H and O–H groups in total. The fourth-order valence-electron chi connectivity index (χ4n) is 4.63. The highest BCUT2D eigenvalue weighted by atomic mass is 32.2. The summed E-state index contributed by atoms with van der Waals surface area (Å²) in [6, 6.07) is 11.6. The number of hydrogen-bond acceptors (Lipinski definition) is 6. The minimum Gasteiger partial charge on any atom is -0.477 e. The number of pyridine rings is 1. The molecule has 0 radical (unpaired) electrons. The lowest BCUT2D eigenvalue weighted by Gasteiger charge is -2.33. The van der Waals surface area contributed by atoms with Gasteiger partial charge in [-0.25, -0.2) is 13.2 Å². The van der Waals surface area contributed by atoms with Crippen molar-refractivity contribution in [2.75, 3.05) is 31.5 Å². The van der Waals surface area contributed by atoms with Crippen molar-refractivity contribution in [3.05, 3.63) is 64.6 Å². The highest BCUT2D eigenvalue weighted by molar-refractivity contribution is 7.89. The number of amides is 1. The molecule has 1 aromatic carbocycles. The van der Waals surface area contributed by atoms with Gasteiger partial charge in [0.2, 0.25) is 15.9 Å². The predicted molar refractivity (Wildman–Crippen MR) is 133 cm³/mol. The van der Waals surface area contributed by atoms with Crippen LogP contribution in [0.2, 0.25) is 0 Å². The standard InChI is InChI=1S/C25H29N5O5S/c1-18(31)26-20-7-9-21(10-8-20)36(34,35)28-14-12-27(13-15-28)17-22-24(32)29-11-3-2-4-23(29)30(25(22)33)16-19-5-6-19/h2-4,7-11,19H,5-6,12-17H2,1H3,(H-,26,31,32,33)/p+1. The number of fused-ring (bicyclic) bond motifs is 1. The van der Waals surface area contributed by atoms with Crippen LogP contribution in [0.25, 0.3) is 5.65 Å². The van der Waals surface area contributed by atoms with Crippen molar-refractivity contribution in [2.24, 2.45) is 5.92 Å². The molecule has 0 spiro atoms. The zero-order chi connectivity index (χ0) is 25.4. The third-order valence-electron chi connectivity index (χ3n) is 6.78. The third-order valence-corrected chi connectivity index (χ3v) is 8.69. The second-order valence-corrected chi connectivity index (χ2v) is 11.4. The monoisotopic (exact) mass is 512 g/mol. The van der Waals surface area contributed by atoms with Crippen LogP contribution in [0.3, 0.4) is 0 Å². The summed E-state index contributed by atoms with van der Waals surface area (Å²) in [7, 11) is -3.69. The zero-order valence-electron chi connectivity index (χ0n) is 20.1. The number of sulfonamides is 1. The fourth-order valence-corrected chi connectivity index (χ4v) is 6.05. The average Bonchev–Trinajstić information content (AvgIpc) is 3.69. The largest absolute Gasteiger partial charge is 0.477 e. The van der Waals surface area contributed by atoms with E-state index in [1.54, 1.807) is 28.8 Å². The number of carbonyl (C=O) groups is 1. The highest BCUT2D eigenvalue weighted by Gasteiger charge is 2.33. The Morgan fingerprint density at radius 2 is 1.78 bits per heavy atom. The lowest BCUT2D eigenvalue weighted by molar-refractivity contribution is -0.684. The summed E-state index contributed by atoms with van der Waals surface area (Å²) in [5.41, 5.74) is 1.26. The van der Waals surface area contributed by atoms with Gasteiger partial charge in [0.1, 0.15) is 5.56 Å². The van der Waals surface area contributed by atoms with E-state index >= 15 is 0 Å². The number of nitrogens with zero attached hydrogens (tertiary/aromatic N) is 4. The highest BCUT2D eigenvalue weighted by Crippen LogP contribution is 2.30. The van der Waals surface area contributed by atoms with Gasteiger partial charge in [-0.3, -0.25) is 9.69 Å². The van der Waals surface area contributed by atoms with Crippen molar-refractivity contribution in [1.29, 1.82) is 0 Å². The Bertz CT molecular complexity index is 1460. The van der Waals surface area contributed by atoms with Crippen LogP contribution in [0.15, 0.2) is 58.4 Å². The zero-order valence-corrected chi connectivity index (χ0v) is 20.9. The van der Waals surface area contributed by atoms with Gasteiger partial charge in [-0.2, -0.15) is 13.3 Å². The lowest BCUT2D eigenvalue weighted by atomic mass is 10.2. The maximum Gasteiger partial charge on any atom is 0.350 e. The molecule has 2 aromatic heterocycles. The van der Waals surface area contributed by atoms with Crippen LogP contribution >= 0.6 is 0 Å². The summed E-state index contributed by atoms with van der Waals surface area (Å²) in [4.78, 5) is 26.6. The number of aromatic hydroxyl groups is 1. The SMILES string of the molecule is CC(=O)Nc1ccc(S(=O)(=O)N2CCN(Cc3c(O)[n+](CC4CC4)c4ccccn4c3=O)CC2)cc1. The van der Waals surface area contributed by atoms with Crippen LogP contribution in [0.4, 0.5) is 5.69 Å². The molecule has 1 saturated carbocycles. The molecular weight excluding hydrogens is 482 g/mol. The van der Waals surface area contributed by atoms with Crippen LogP contribution in [0.5, 0.6) is 5.88 Å². The molecule has 3 aromatic rings. The van der Waals surface area contributed by atoms with Gasteiger partial charge in [0.25, 0.3) is 11.5 Å². The number of anilines is 1. The minimum atomic E-state index is -3.69. The van der Waals surface area contributed by atoms with Crippen LogP contribution in [-0.4, -0.2) is 59.2 Å². The fraction of sp³-hybridized carbons (Fsp3) is 0.400. The molecule has 10 nitrogen and oxygen atoms in total. The molecule has 5 rings (SSSR count). The molecule has 1 saturated heterocycles. The van der Waals surface area contributed by atoms with Gasteiger partial charge < -0.3 is 10.4 Å². The first kappa shape index (κ1) is 24.4. The maximum absolute atomic E-state index is 13.2. The smallest absolute Gasteiger partial charge is 0.350 e. The number of benzene rings is 1. The van der Waals surface area contributed by atoms with E-state index in [0.29, 0.717) is 42.5 Å². The Balaban J connectivity index is 1.31.